The predicted octanol–water partition coefficient (Wildman–Crippen LogP) is 6.08. The Kier molecular flexibility index (Phi) is 5.47. The molecule has 0 spiro atoms. The van der Waals surface area contributed by atoms with Crippen LogP contribution in [0.3, 0.4) is 0 Å². The Morgan fingerprint density at radius 1 is 1.15 bits per heavy atom. The quantitative estimate of drug-likeness (QED) is 0.543. The Balaban J connectivity index is 2.46. The van der Waals surface area contributed by atoms with Crippen LogP contribution in [-0.4, -0.2) is 6.61 Å². The average Bonchev–Trinajstić information content (AvgIpc) is 2.39. The number of hydrogen-bond acceptors (Lipinski definition) is 1. The Hall–Kier alpha value is -0.580. The standard InChI is InChI=1S/C15H12Br2ClFO/c1-2-20-14-4-3-10(16)8-13(14)15(18)9-5-11(17)7-12(19)6-9/h3-8,15H,2H2,1H3. The van der Waals surface area contributed by atoms with E-state index < -0.39 is 5.38 Å². The molecule has 0 fully saturated rings. The molecule has 0 N–H and O–H groups in total. The van der Waals surface area contributed by atoms with Crippen molar-refractivity contribution in [3.05, 3.63) is 62.3 Å². The minimum absolute atomic E-state index is 0.326. The van der Waals surface area contributed by atoms with Crippen LogP contribution in [0.5, 0.6) is 5.75 Å². The van der Waals surface area contributed by atoms with Crippen molar-refractivity contribution in [2.75, 3.05) is 6.61 Å². The Morgan fingerprint density at radius 2 is 1.90 bits per heavy atom. The second-order valence-corrected chi connectivity index (χ2v) is 6.45. The monoisotopic (exact) mass is 420 g/mol. The summed E-state index contributed by atoms with van der Waals surface area (Å²) in [5, 5.41) is -0.485. The van der Waals surface area contributed by atoms with Crippen LogP contribution in [0, 0.1) is 5.82 Å². The van der Waals surface area contributed by atoms with Gasteiger partial charge in [0, 0.05) is 14.5 Å². The molecule has 0 heterocycles. The molecule has 0 aliphatic heterocycles. The van der Waals surface area contributed by atoms with Gasteiger partial charge in [-0.1, -0.05) is 31.9 Å². The van der Waals surface area contributed by atoms with Crippen molar-refractivity contribution in [2.24, 2.45) is 0 Å². The van der Waals surface area contributed by atoms with Gasteiger partial charge < -0.3 is 4.74 Å². The summed E-state index contributed by atoms with van der Waals surface area (Å²) in [5.74, 6) is 0.379. The summed E-state index contributed by atoms with van der Waals surface area (Å²) in [6.45, 7) is 2.46. The predicted molar refractivity (Wildman–Crippen MR) is 87.1 cm³/mol. The van der Waals surface area contributed by atoms with Gasteiger partial charge in [0.1, 0.15) is 11.6 Å². The lowest BCUT2D eigenvalue weighted by Crippen LogP contribution is -2.01. The summed E-state index contributed by atoms with van der Waals surface area (Å²) in [5.41, 5.74) is 1.48. The van der Waals surface area contributed by atoms with E-state index in [4.69, 9.17) is 16.3 Å². The van der Waals surface area contributed by atoms with Crippen LogP contribution in [0.4, 0.5) is 4.39 Å². The first-order valence-corrected chi connectivity index (χ1v) is 8.05. The molecular weight excluding hydrogens is 410 g/mol. The van der Waals surface area contributed by atoms with Crippen LogP contribution in [0.25, 0.3) is 0 Å². The third-order valence-corrected chi connectivity index (χ3v) is 4.16. The molecule has 0 aromatic heterocycles. The van der Waals surface area contributed by atoms with Gasteiger partial charge in [0.15, 0.2) is 0 Å². The summed E-state index contributed by atoms with van der Waals surface area (Å²) in [7, 11) is 0. The summed E-state index contributed by atoms with van der Waals surface area (Å²) < 4.78 is 20.6. The fourth-order valence-corrected chi connectivity index (χ4v) is 3.06. The van der Waals surface area contributed by atoms with Crippen molar-refractivity contribution in [3.63, 3.8) is 0 Å². The molecule has 106 valence electrons. The van der Waals surface area contributed by atoms with Gasteiger partial charge in [0.05, 0.1) is 12.0 Å². The SMILES string of the molecule is CCOc1ccc(Br)cc1C(Cl)c1cc(F)cc(Br)c1. The van der Waals surface area contributed by atoms with E-state index in [2.05, 4.69) is 31.9 Å². The van der Waals surface area contributed by atoms with Gasteiger partial charge in [-0.05, 0) is 48.9 Å². The van der Waals surface area contributed by atoms with Gasteiger partial charge in [0.2, 0.25) is 0 Å². The van der Waals surface area contributed by atoms with E-state index >= 15 is 0 Å². The highest BCUT2D eigenvalue weighted by Gasteiger charge is 2.17. The molecule has 0 radical (unpaired) electrons. The maximum atomic E-state index is 13.5. The van der Waals surface area contributed by atoms with Crippen LogP contribution in [-0.2, 0) is 0 Å². The van der Waals surface area contributed by atoms with E-state index in [1.165, 1.54) is 12.1 Å². The lowest BCUT2D eigenvalue weighted by atomic mass is 10.0. The lowest BCUT2D eigenvalue weighted by Gasteiger charge is -2.16. The highest BCUT2D eigenvalue weighted by Crippen LogP contribution is 2.37. The van der Waals surface area contributed by atoms with E-state index in [9.17, 15) is 4.39 Å². The molecule has 2 aromatic rings. The van der Waals surface area contributed by atoms with Gasteiger partial charge in [-0.25, -0.2) is 4.39 Å². The fraction of sp³-hybridized carbons (Fsp3) is 0.200. The fourth-order valence-electron chi connectivity index (χ4n) is 1.91. The number of rotatable bonds is 4. The molecular formula is C15H12Br2ClFO. The topological polar surface area (TPSA) is 9.23 Å². The number of ether oxygens (including phenoxy) is 1. The molecule has 2 rings (SSSR count). The zero-order chi connectivity index (χ0) is 14.7. The molecule has 0 amide bonds. The minimum atomic E-state index is -0.485. The molecule has 0 saturated heterocycles. The number of hydrogen-bond donors (Lipinski definition) is 0. The van der Waals surface area contributed by atoms with Gasteiger partial charge in [-0.2, -0.15) is 0 Å². The lowest BCUT2D eigenvalue weighted by molar-refractivity contribution is 0.337. The van der Waals surface area contributed by atoms with Gasteiger partial charge >= 0.3 is 0 Å². The highest BCUT2D eigenvalue weighted by atomic mass is 79.9. The summed E-state index contributed by atoms with van der Waals surface area (Å²) in [6, 6.07) is 10.3. The third kappa shape index (κ3) is 3.74. The molecule has 1 nitrogen and oxygen atoms in total. The van der Waals surface area contributed by atoms with Crippen molar-refractivity contribution >= 4 is 43.5 Å². The van der Waals surface area contributed by atoms with Gasteiger partial charge in [0.25, 0.3) is 0 Å². The largest absolute Gasteiger partial charge is 0.494 e. The van der Waals surface area contributed by atoms with Crippen molar-refractivity contribution in [1.82, 2.24) is 0 Å². The molecule has 0 aliphatic rings. The first kappa shape index (κ1) is 15.8. The second-order valence-electron chi connectivity index (χ2n) is 4.18. The number of halogens is 4. The molecule has 0 saturated carbocycles. The van der Waals surface area contributed by atoms with E-state index in [-0.39, 0.29) is 5.82 Å². The zero-order valence-electron chi connectivity index (χ0n) is 10.7. The third-order valence-electron chi connectivity index (χ3n) is 2.72. The van der Waals surface area contributed by atoms with Crippen molar-refractivity contribution < 1.29 is 9.13 Å². The summed E-state index contributed by atoms with van der Waals surface area (Å²) >= 11 is 13.2. The first-order chi connectivity index (χ1) is 9.51. The van der Waals surface area contributed by atoms with Crippen LogP contribution < -0.4 is 4.74 Å². The van der Waals surface area contributed by atoms with E-state index in [0.29, 0.717) is 22.4 Å². The molecule has 2 aromatic carbocycles. The first-order valence-electron chi connectivity index (χ1n) is 6.03. The smallest absolute Gasteiger partial charge is 0.124 e. The second kappa shape index (κ2) is 6.92. The molecule has 5 heteroatoms. The highest BCUT2D eigenvalue weighted by molar-refractivity contribution is 9.10. The molecule has 0 bridgehead atoms. The van der Waals surface area contributed by atoms with Gasteiger partial charge in [-0.15, -0.1) is 11.6 Å². The van der Waals surface area contributed by atoms with Crippen LogP contribution in [0.2, 0.25) is 0 Å². The number of alkyl halides is 1. The van der Waals surface area contributed by atoms with Crippen LogP contribution >= 0.6 is 43.5 Å². The van der Waals surface area contributed by atoms with Crippen molar-refractivity contribution in [1.29, 1.82) is 0 Å². The molecule has 20 heavy (non-hydrogen) atoms. The van der Waals surface area contributed by atoms with Crippen molar-refractivity contribution in [2.45, 2.75) is 12.3 Å². The van der Waals surface area contributed by atoms with E-state index in [1.807, 2.05) is 25.1 Å². The maximum absolute atomic E-state index is 13.5. The summed E-state index contributed by atoms with van der Waals surface area (Å²) in [4.78, 5) is 0. The van der Waals surface area contributed by atoms with E-state index in [0.717, 1.165) is 10.0 Å². The molecule has 1 unspecified atom stereocenters. The Morgan fingerprint density at radius 3 is 2.55 bits per heavy atom. The van der Waals surface area contributed by atoms with E-state index in [1.54, 1.807) is 6.07 Å². The van der Waals surface area contributed by atoms with Crippen molar-refractivity contribution in [3.8, 4) is 5.75 Å². The maximum Gasteiger partial charge on any atom is 0.124 e. The minimum Gasteiger partial charge on any atom is -0.494 e. The summed E-state index contributed by atoms with van der Waals surface area (Å²) in [6.07, 6.45) is 0. The Labute approximate surface area is 139 Å². The average molecular weight is 423 g/mol. The van der Waals surface area contributed by atoms with Crippen LogP contribution in [0.1, 0.15) is 23.4 Å². The zero-order valence-corrected chi connectivity index (χ0v) is 14.6. The normalized spacial score (nSPS) is 12.2. The Bertz CT molecular complexity index is 599. The molecule has 1 atom stereocenters. The molecule has 0 aliphatic carbocycles. The number of benzene rings is 2. The van der Waals surface area contributed by atoms with Crippen LogP contribution in [0.15, 0.2) is 45.3 Å². The van der Waals surface area contributed by atoms with Gasteiger partial charge in [-0.3, -0.25) is 0 Å².